The molecule has 1 saturated heterocycles. The monoisotopic (exact) mass is 694 g/mol. The topological polar surface area (TPSA) is 108 Å². The Hall–Kier alpha value is -4.08. The van der Waals surface area contributed by atoms with Crippen LogP contribution in [0.15, 0.2) is 60.7 Å². The molecular formula is C37H44Cl2N4O5. The van der Waals surface area contributed by atoms with Gasteiger partial charge in [-0.2, -0.15) is 0 Å². The molecule has 0 saturated carbocycles. The molecular weight excluding hydrogens is 651 g/mol. The molecule has 1 aliphatic rings. The first-order valence-electron chi connectivity index (χ1n) is 16.2. The molecule has 0 unspecified atom stereocenters. The van der Waals surface area contributed by atoms with Gasteiger partial charge in [0.05, 0.1) is 23.1 Å². The second-order valence-electron chi connectivity index (χ2n) is 12.4. The minimum atomic E-state index is -1.04. The molecule has 0 bridgehead atoms. The van der Waals surface area contributed by atoms with Gasteiger partial charge in [-0.25, -0.2) is 0 Å². The van der Waals surface area contributed by atoms with Gasteiger partial charge in [-0.05, 0) is 68.0 Å². The Morgan fingerprint density at radius 3 is 2.19 bits per heavy atom. The maximum Gasteiger partial charge on any atom is 0.246 e. The summed E-state index contributed by atoms with van der Waals surface area (Å²) in [5, 5.41) is 6.48. The predicted molar refractivity (Wildman–Crippen MR) is 188 cm³/mol. The maximum atomic E-state index is 14.5. The third-order valence-electron chi connectivity index (χ3n) is 8.52. The van der Waals surface area contributed by atoms with Crippen LogP contribution in [0.25, 0.3) is 0 Å². The van der Waals surface area contributed by atoms with Gasteiger partial charge in [-0.1, -0.05) is 77.3 Å². The molecule has 0 spiro atoms. The van der Waals surface area contributed by atoms with E-state index in [-0.39, 0.29) is 50.8 Å². The Balaban J connectivity index is 1.69. The van der Waals surface area contributed by atoms with Crippen molar-refractivity contribution in [2.75, 3.05) is 33.3 Å². The second-order valence-corrected chi connectivity index (χ2v) is 13.2. The van der Waals surface area contributed by atoms with E-state index in [1.165, 1.54) is 9.80 Å². The minimum Gasteiger partial charge on any atom is -0.491 e. The maximum absolute atomic E-state index is 14.5. The van der Waals surface area contributed by atoms with Crippen molar-refractivity contribution in [3.05, 3.63) is 98.5 Å². The van der Waals surface area contributed by atoms with Crippen molar-refractivity contribution in [2.45, 2.75) is 65.0 Å². The molecule has 1 aliphatic heterocycles. The first-order chi connectivity index (χ1) is 22.9. The van der Waals surface area contributed by atoms with Crippen LogP contribution < -0.4 is 15.4 Å². The fraction of sp³-hybridized carbons (Fsp3) is 0.405. The predicted octanol–water partition coefficient (Wildman–Crippen LogP) is 5.22. The average molecular weight is 696 g/mol. The van der Waals surface area contributed by atoms with Crippen LogP contribution in [0.1, 0.15) is 47.1 Å². The molecule has 2 N–H and O–H groups in total. The molecule has 0 radical (unpaired) electrons. The highest BCUT2D eigenvalue weighted by molar-refractivity contribution is 6.42. The van der Waals surface area contributed by atoms with Crippen LogP contribution in [0, 0.1) is 20.8 Å². The molecule has 11 heteroatoms. The van der Waals surface area contributed by atoms with E-state index in [0.717, 1.165) is 28.0 Å². The van der Waals surface area contributed by atoms with Gasteiger partial charge in [-0.3, -0.25) is 19.2 Å². The van der Waals surface area contributed by atoms with Crippen molar-refractivity contribution in [3.63, 3.8) is 0 Å². The van der Waals surface area contributed by atoms with Gasteiger partial charge in [0.15, 0.2) is 0 Å². The number of para-hydroxylation sites is 1. The summed E-state index contributed by atoms with van der Waals surface area (Å²) in [5.74, 6) is -0.745. The molecule has 1 heterocycles. The molecule has 1 fully saturated rings. The number of carbonyl (C=O) groups is 4. The molecule has 3 aromatic carbocycles. The van der Waals surface area contributed by atoms with Crippen LogP contribution in [0.5, 0.6) is 5.75 Å². The second kappa shape index (κ2) is 17.4. The van der Waals surface area contributed by atoms with Crippen molar-refractivity contribution < 1.29 is 23.9 Å². The summed E-state index contributed by atoms with van der Waals surface area (Å²) in [7, 11) is 1.56. The van der Waals surface area contributed by atoms with E-state index in [2.05, 4.69) is 10.6 Å². The normalized spacial score (nSPS) is 18.5. The molecule has 48 heavy (non-hydrogen) atoms. The Morgan fingerprint density at radius 1 is 0.812 bits per heavy atom. The number of nitrogens with one attached hydrogen (secondary N) is 2. The summed E-state index contributed by atoms with van der Waals surface area (Å²) >= 11 is 12.5. The lowest BCUT2D eigenvalue weighted by Crippen LogP contribution is -2.57. The highest BCUT2D eigenvalue weighted by Gasteiger charge is 2.35. The lowest BCUT2D eigenvalue weighted by atomic mass is 9.99. The molecule has 9 nitrogen and oxygen atoms in total. The number of benzene rings is 3. The number of carbonyl (C=O) groups excluding carboxylic acids is 4. The van der Waals surface area contributed by atoms with Crippen LogP contribution >= 0.6 is 23.2 Å². The largest absolute Gasteiger partial charge is 0.491 e. The lowest BCUT2D eigenvalue weighted by molar-refractivity contribution is -0.147. The number of nitrogens with zero attached hydrogens (tertiary/aromatic N) is 2. The number of hydrogen-bond donors (Lipinski definition) is 2. The van der Waals surface area contributed by atoms with E-state index < -0.39 is 23.9 Å². The highest BCUT2D eigenvalue weighted by atomic mass is 35.5. The van der Waals surface area contributed by atoms with E-state index in [9.17, 15) is 19.2 Å². The highest BCUT2D eigenvalue weighted by Crippen LogP contribution is 2.25. The number of aryl methyl sites for hydroxylation is 3. The SMILES string of the molecule is Cc1ccc(C[C@@H]2NC(=O)CCCCNC(=O)CN(CCOc3c(C)cccc3C)C(=O)[C@@H](Cc3ccc(Cl)c(Cl)c3)N(C)C2=O)cc1. The lowest BCUT2D eigenvalue weighted by Gasteiger charge is -2.34. The van der Waals surface area contributed by atoms with Crippen molar-refractivity contribution in [1.82, 2.24) is 20.4 Å². The quantitative estimate of drug-likeness (QED) is 0.336. The molecule has 3 aromatic rings. The molecule has 2 atom stereocenters. The first kappa shape index (κ1) is 36.8. The zero-order valence-electron chi connectivity index (χ0n) is 28.0. The Kier molecular flexibility index (Phi) is 13.3. The van der Waals surface area contributed by atoms with Crippen LogP contribution in [-0.2, 0) is 32.0 Å². The van der Waals surface area contributed by atoms with E-state index in [1.54, 1.807) is 25.2 Å². The molecule has 4 rings (SSSR count). The van der Waals surface area contributed by atoms with Crippen LogP contribution in [0.3, 0.4) is 0 Å². The summed E-state index contributed by atoms with van der Waals surface area (Å²) in [6.45, 7) is 6.24. The van der Waals surface area contributed by atoms with Crippen LogP contribution in [-0.4, -0.2) is 78.8 Å². The van der Waals surface area contributed by atoms with Crippen molar-refractivity contribution >= 4 is 46.8 Å². The van der Waals surface area contributed by atoms with Crippen molar-refractivity contribution in [3.8, 4) is 5.75 Å². The van der Waals surface area contributed by atoms with Crippen molar-refractivity contribution in [2.24, 2.45) is 0 Å². The van der Waals surface area contributed by atoms with Crippen molar-refractivity contribution in [1.29, 1.82) is 0 Å². The van der Waals surface area contributed by atoms with Gasteiger partial charge in [0.1, 0.15) is 24.4 Å². The Morgan fingerprint density at radius 2 is 1.50 bits per heavy atom. The Labute approximate surface area is 292 Å². The summed E-state index contributed by atoms with van der Waals surface area (Å²) in [6.07, 6.45) is 1.64. The summed E-state index contributed by atoms with van der Waals surface area (Å²) in [5.41, 5.74) is 4.54. The van der Waals surface area contributed by atoms with Gasteiger partial charge in [0.2, 0.25) is 23.6 Å². The van der Waals surface area contributed by atoms with E-state index in [1.807, 2.05) is 63.2 Å². The number of hydrogen-bond acceptors (Lipinski definition) is 5. The van der Waals surface area contributed by atoms with E-state index in [0.29, 0.717) is 35.0 Å². The van der Waals surface area contributed by atoms with Crippen LogP contribution in [0.2, 0.25) is 10.0 Å². The standard InChI is InChI=1S/C37H44Cl2N4O5/c1-24-11-13-27(14-12-24)21-31-36(46)42(4)32(22-28-15-16-29(38)30(39)20-28)37(47)43(18-19-48-35-25(2)8-7-9-26(35)3)23-34(45)40-17-6-5-10-33(44)41-31/h7-9,11-16,20,31-32H,5-6,10,17-19,21-23H2,1-4H3,(H,40,45)(H,41,44)/t31-,32+/m0/s1. The fourth-order valence-electron chi connectivity index (χ4n) is 5.74. The summed E-state index contributed by atoms with van der Waals surface area (Å²) in [6, 6.07) is 16.7. The number of rotatable bonds is 8. The minimum absolute atomic E-state index is 0.0963. The zero-order valence-corrected chi connectivity index (χ0v) is 29.5. The van der Waals surface area contributed by atoms with E-state index in [4.69, 9.17) is 27.9 Å². The fourth-order valence-corrected chi connectivity index (χ4v) is 6.06. The molecule has 0 aromatic heterocycles. The molecule has 256 valence electrons. The number of likely N-dealkylation sites (N-methyl/N-ethyl adjacent to an activating group) is 1. The van der Waals surface area contributed by atoms with Gasteiger partial charge < -0.3 is 25.2 Å². The molecule has 4 amide bonds. The third-order valence-corrected chi connectivity index (χ3v) is 9.26. The Bertz CT molecular complexity index is 1590. The molecule has 0 aliphatic carbocycles. The third kappa shape index (κ3) is 10.2. The first-order valence-corrected chi connectivity index (χ1v) is 17.0. The van der Waals surface area contributed by atoms with Gasteiger partial charge in [0.25, 0.3) is 0 Å². The number of amides is 4. The summed E-state index contributed by atoms with van der Waals surface area (Å²) in [4.78, 5) is 57.8. The van der Waals surface area contributed by atoms with Crippen LogP contribution in [0.4, 0.5) is 0 Å². The number of halogens is 2. The smallest absolute Gasteiger partial charge is 0.246 e. The average Bonchev–Trinajstić information content (AvgIpc) is 3.05. The summed E-state index contributed by atoms with van der Waals surface area (Å²) < 4.78 is 6.13. The van der Waals surface area contributed by atoms with Gasteiger partial charge in [-0.15, -0.1) is 0 Å². The van der Waals surface area contributed by atoms with Gasteiger partial charge in [0, 0.05) is 32.9 Å². The van der Waals surface area contributed by atoms with Gasteiger partial charge >= 0.3 is 0 Å². The number of ether oxygens (including phenoxy) is 1. The zero-order chi connectivity index (χ0) is 34.8. The van der Waals surface area contributed by atoms with E-state index >= 15 is 0 Å².